The number of carbonyl (C=O) groups is 1. The van der Waals surface area contributed by atoms with Crippen molar-refractivity contribution >= 4 is 28.7 Å². The van der Waals surface area contributed by atoms with Gasteiger partial charge in [-0.25, -0.2) is 9.59 Å². The van der Waals surface area contributed by atoms with Crippen molar-refractivity contribution in [2.24, 2.45) is 0 Å². The fourth-order valence-electron chi connectivity index (χ4n) is 4.12. The van der Waals surface area contributed by atoms with E-state index in [-0.39, 0.29) is 28.7 Å². The Labute approximate surface area is 215 Å². The SMILES string of the molecule is COC(=O)C1=Cc2cc(=O)[nH]c(=O)n2[C@@]12C[C@H](O[Si](C)(C)C(C)(C)C)[C@@H](CO[Si](C)(C)C(C)(C)C)O2. The molecule has 2 aliphatic heterocycles. The van der Waals surface area contributed by atoms with Crippen molar-refractivity contribution in [1.82, 2.24) is 9.55 Å². The van der Waals surface area contributed by atoms with Gasteiger partial charge in [0.2, 0.25) is 0 Å². The number of esters is 1. The number of aromatic nitrogens is 2. The van der Waals surface area contributed by atoms with E-state index in [0.717, 1.165) is 0 Å². The number of aromatic amines is 1. The molecule has 2 aliphatic rings. The molecule has 1 saturated heterocycles. The fraction of sp³-hybridized carbons (Fsp3) is 0.720. The third kappa shape index (κ3) is 5.00. The second-order valence-electron chi connectivity index (χ2n) is 12.9. The number of hydrogen-bond donors (Lipinski definition) is 1. The van der Waals surface area contributed by atoms with E-state index >= 15 is 0 Å². The van der Waals surface area contributed by atoms with Crippen LogP contribution in [0.1, 0.15) is 53.7 Å². The second-order valence-corrected chi connectivity index (χ2v) is 22.4. The van der Waals surface area contributed by atoms with Crippen LogP contribution in [0.15, 0.2) is 21.2 Å². The van der Waals surface area contributed by atoms with Gasteiger partial charge in [-0.1, -0.05) is 41.5 Å². The summed E-state index contributed by atoms with van der Waals surface area (Å²) in [5.41, 5.74) is -2.20. The van der Waals surface area contributed by atoms with E-state index in [9.17, 15) is 14.4 Å². The Morgan fingerprint density at radius 3 is 2.22 bits per heavy atom. The second kappa shape index (κ2) is 9.19. The van der Waals surface area contributed by atoms with Crippen LogP contribution in [0.25, 0.3) is 6.08 Å². The van der Waals surface area contributed by atoms with Crippen molar-refractivity contribution in [3.8, 4) is 0 Å². The maximum Gasteiger partial charge on any atom is 0.338 e. The summed E-state index contributed by atoms with van der Waals surface area (Å²) in [5.74, 6) is -0.623. The molecule has 3 rings (SSSR count). The molecule has 202 valence electrons. The van der Waals surface area contributed by atoms with E-state index in [0.29, 0.717) is 5.69 Å². The largest absolute Gasteiger partial charge is 0.466 e. The zero-order chi connectivity index (χ0) is 27.5. The van der Waals surface area contributed by atoms with Crippen LogP contribution in [0.4, 0.5) is 0 Å². The smallest absolute Gasteiger partial charge is 0.338 e. The van der Waals surface area contributed by atoms with Gasteiger partial charge >= 0.3 is 11.7 Å². The van der Waals surface area contributed by atoms with Gasteiger partial charge < -0.3 is 18.3 Å². The fourth-order valence-corrected chi connectivity index (χ4v) is 6.48. The van der Waals surface area contributed by atoms with E-state index in [1.165, 1.54) is 23.8 Å². The van der Waals surface area contributed by atoms with Crippen LogP contribution in [-0.2, 0) is 28.8 Å². The average molecular weight is 539 g/mol. The number of nitrogens with zero attached hydrogens (tertiary/aromatic N) is 1. The highest BCUT2D eigenvalue weighted by Crippen LogP contribution is 2.49. The highest BCUT2D eigenvalue weighted by Gasteiger charge is 2.58. The first kappa shape index (κ1) is 28.8. The Morgan fingerprint density at radius 2 is 1.69 bits per heavy atom. The number of methoxy groups -OCH3 is 1. The summed E-state index contributed by atoms with van der Waals surface area (Å²) >= 11 is 0. The molecule has 11 heteroatoms. The summed E-state index contributed by atoms with van der Waals surface area (Å²) in [4.78, 5) is 40.3. The minimum absolute atomic E-state index is 0.00740. The lowest BCUT2D eigenvalue weighted by Gasteiger charge is -2.40. The summed E-state index contributed by atoms with van der Waals surface area (Å²) in [6, 6.07) is 1.28. The van der Waals surface area contributed by atoms with Crippen molar-refractivity contribution in [3.63, 3.8) is 0 Å². The van der Waals surface area contributed by atoms with Gasteiger partial charge in [0.25, 0.3) is 5.56 Å². The summed E-state index contributed by atoms with van der Waals surface area (Å²) in [6.07, 6.45) is 0.744. The van der Waals surface area contributed by atoms with Gasteiger partial charge in [0.15, 0.2) is 22.4 Å². The lowest BCUT2D eigenvalue weighted by molar-refractivity contribution is -0.144. The van der Waals surface area contributed by atoms with E-state index in [1.807, 2.05) is 0 Å². The van der Waals surface area contributed by atoms with Crippen LogP contribution in [0.2, 0.25) is 36.3 Å². The summed E-state index contributed by atoms with van der Waals surface area (Å²) in [6.45, 7) is 21.9. The monoisotopic (exact) mass is 538 g/mol. The van der Waals surface area contributed by atoms with Crippen LogP contribution in [0.5, 0.6) is 0 Å². The predicted octanol–water partition coefficient (Wildman–Crippen LogP) is 3.96. The molecule has 1 aromatic rings. The molecule has 0 bridgehead atoms. The molecule has 0 aliphatic carbocycles. The van der Waals surface area contributed by atoms with Crippen molar-refractivity contribution in [2.75, 3.05) is 13.7 Å². The maximum atomic E-state index is 13.0. The molecule has 1 spiro atoms. The molecular formula is C25H42N2O7Si2. The zero-order valence-electron chi connectivity index (χ0n) is 23.5. The molecule has 3 atom stereocenters. The topological polar surface area (TPSA) is 109 Å². The van der Waals surface area contributed by atoms with Gasteiger partial charge in [-0.15, -0.1) is 0 Å². The van der Waals surface area contributed by atoms with E-state index < -0.39 is 51.8 Å². The quantitative estimate of drug-likeness (QED) is 0.431. The highest BCUT2D eigenvalue weighted by atomic mass is 28.4. The first-order valence-electron chi connectivity index (χ1n) is 12.4. The van der Waals surface area contributed by atoms with Gasteiger partial charge in [-0.2, -0.15) is 0 Å². The van der Waals surface area contributed by atoms with Crippen molar-refractivity contribution in [3.05, 3.63) is 38.2 Å². The van der Waals surface area contributed by atoms with Crippen LogP contribution in [-0.4, -0.2) is 58.1 Å². The molecule has 1 N–H and O–H groups in total. The van der Waals surface area contributed by atoms with Crippen molar-refractivity contribution < 1.29 is 23.1 Å². The summed E-state index contributed by atoms with van der Waals surface area (Å²) in [7, 11) is -3.12. The summed E-state index contributed by atoms with van der Waals surface area (Å²) < 4.78 is 26.4. The minimum Gasteiger partial charge on any atom is -0.466 e. The lowest BCUT2D eigenvalue weighted by Crippen LogP contribution is -2.48. The third-order valence-electron chi connectivity index (χ3n) is 8.36. The molecule has 0 saturated carbocycles. The molecule has 3 heterocycles. The molecule has 0 aromatic carbocycles. The number of hydrogen-bond acceptors (Lipinski definition) is 7. The molecular weight excluding hydrogens is 496 g/mol. The molecule has 1 aromatic heterocycles. The number of fused-ring (bicyclic) bond motifs is 2. The lowest BCUT2D eigenvalue weighted by atomic mass is 9.99. The number of carbonyl (C=O) groups excluding carboxylic acids is 1. The summed E-state index contributed by atoms with van der Waals surface area (Å²) in [5, 5.41) is -0.0726. The normalized spacial score (nSPS) is 24.7. The maximum absolute atomic E-state index is 13.0. The van der Waals surface area contributed by atoms with E-state index in [2.05, 4.69) is 72.7 Å². The number of ether oxygens (including phenoxy) is 2. The van der Waals surface area contributed by atoms with Gasteiger partial charge in [-0.3, -0.25) is 14.3 Å². The standard InChI is InChI=1S/C25H42N2O7Si2/c1-23(2,3)35(8,9)32-15-19-18(34-36(10,11)24(4,5)6)14-25(33-19)17(21(29)31-7)12-16-13-20(28)26-22(30)27(16)25/h12-13,18-19H,14-15H2,1-11H3,(H,26,28,30)/t18-,19+,25+/m0/s1. The molecule has 9 nitrogen and oxygen atoms in total. The van der Waals surface area contributed by atoms with Gasteiger partial charge in [-0.05, 0) is 42.3 Å². The van der Waals surface area contributed by atoms with Crippen molar-refractivity contribution in [2.45, 2.75) is 102 Å². The molecule has 0 unspecified atom stereocenters. The zero-order valence-corrected chi connectivity index (χ0v) is 25.5. The Balaban J connectivity index is 2.11. The number of nitrogens with one attached hydrogen (secondary N) is 1. The molecule has 0 radical (unpaired) electrons. The van der Waals surface area contributed by atoms with E-state index in [1.54, 1.807) is 0 Å². The van der Waals surface area contributed by atoms with Crippen LogP contribution in [0.3, 0.4) is 0 Å². The van der Waals surface area contributed by atoms with Gasteiger partial charge in [0.05, 0.1) is 31.1 Å². The highest BCUT2D eigenvalue weighted by molar-refractivity contribution is 6.74. The first-order valence-corrected chi connectivity index (χ1v) is 18.2. The van der Waals surface area contributed by atoms with Gasteiger partial charge in [0.1, 0.15) is 6.10 Å². The van der Waals surface area contributed by atoms with Crippen molar-refractivity contribution in [1.29, 1.82) is 0 Å². The Morgan fingerprint density at radius 1 is 1.11 bits per heavy atom. The average Bonchev–Trinajstić information content (AvgIpc) is 3.21. The predicted molar refractivity (Wildman–Crippen MR) is 144 cm³/mol. The third-order valence-corrected chi connectivity index (χ3v) is 17.4. The molecule has 1 fully saturated rings. The van der Waals surface area contributed by atoms with E-state index in [4.69, 9.17) is 18.3 Å². The van der Waals surface area contributed by atoms with Gasteiger partial charge in [0, 0.05) is 12.5 Å². The number of H-pyrrole nitrogens is 1. The Hall–Kier alpha value is -1.80. The first-order chi connectivity index (χ1) is 16.3. The minimum atomic E-state index is -2.27. The van der Waals surface area contributed by atoms with Crippen LogP contribution in [0, 0.1) is 0 Å². The molecule has 0 amide bonds. The Bertz CT molecular complexity index is 1170. The molecule has 36 heavy (non-hydrogen) atoms. The Kier molecular flexibility index (Phi) is 7.35. The van der Waals surface area contributed by atoms with Crippen LogP contribution >= 0.6 is 0 Å². The van der Waals surface area contributed by atoms with Crippen LogP contribution < -0.4 is 11.2 Å². The number of rotatable bonds is 6.